The lowest BCUT2D eigenvalue weighted by molar-refractivity contribution is -0.132. The molecule has 0 saturated carbocycles. The second kappa shape index (κ2) is 7.05. The highest BCUT2D eigenvalue weighted by Gasteiger charge is 2.21. The Morgan fingerprint density at radius 1 is 1.12 bits per heavy atom. The van der Waals surface area contributed by atoms with Crippen LogP contribution in [0, 0.1) is 11.6 Å². The molecule has 130 valence electrons. The maximum Gasteiger partial charge on any atom is 0.223 e. The standard InChI is InChI=1S/C20H19F2NO2/c1-13(19-12-14-6-3-4-9-18(14)25-19)23(2)20(24)11-10-15-16(21)7-5-8-17(15)22/h3-9,12-13H,10-11H2,1-2H3. The van der Waals surface area contributed by atoms with E-state index in [2.05, 4.69) is 0 Å². The average Bonchev–Trinajstić information content (AvgIpc) is 3.04. The van der Waals surface area contributed by atoms with Crippen molar-refractivity contribution in [3.8, 4) is 0 Å². The van der Waals surface area contributed by atoms with Gasteiger partial charge in [0.1, 0.15) is 23.0 Å². The number of furan rings is 1. The predicted octanol–water partition coefficient (Wildman–Crippen LogP) is 4.86. The van der Waals surface area contributed by atoms with Crippen LogP contribution in [0.4, 0.5) is 8.78 Å². The number of rotatable bonds is 5. The fourth-order valence-corrected chi connectivity index (χ4v) is 2.79. The van der Waals surface area contributed by atoms with Gasteiger partial charge in [-0.25, -0.2) is 8.78 Å². The number of hydrogen-bond donors (Lipinski definition) is 0. The summed E-state index contributed by atoms with van der Waals surface area (Å²) in [4.78, 5) is 13.9. The van der Waals surface area contributed by atoms with Gasteiger partial charge in [0.15, 0.2) is 0 Å². The average molecular weight is 343 g/mol. The number of amides is 1. The zero-order valence-electron chi connectivity index (χ0n) is 14.1. The van der Waals surface area contributed by atoms with Gasteiger partial charge in [0.25, 0.3) is 0 Å². The van der Waals surface area contributed by atoms with Crippen molar-refractivity contribution >= 4 is 16.9 Å². The fraction of sp³-hybridized carbons (Fsp3) is 0.250. The molecule has 0 N–H and O–H groups in total. The summed E-state index contributed by atoms with van der Waals surface area (Å²) in [5.41, 5.74) is 0.708. The third kappa shape index (κ3) is 3.55. The lowest BCUT2D eigenvalue weighted by Gasteiger charge is -2.23. The van der Waals surface area contributed by atoms with Crippen LogP contribution < -0.4 is 0 Å². The smallest absolute Gasteiger partial charge is 0.223 e. The third-order valence-corrected chi connectivity index (χ3v) is 4.48. The maximum absolute atomic E-state index is 13.7. The first-order valence-corrected chi connectivity index (χ1v) is 8.14. The second-order valence-electron chi connectivity index (χ2n) is 6.07. The monoisotopic (exact) mass is 343 g/mol. The number of fused-ring (bicyclic) bond motifs is 1. The van der Waals surface area contributed by atoms with Crippen LogP contribution in [-0.4, -0.2) is 17.9 Å². The van der Waals surface area contributed by atoms with Crippen LogP contribution in [0.1, 0.15) is 30.7 Å². The van der Waals surface area contributed by atoms with E-state index < -0.39 is 11.6 Å². The van der Waals surface area contributed by atoms with E-state index in [0.717, 1.165) is 11.0 Å². The van der Waals surface area contributed by atoms with E-state index >= 15 is 0 Å². The Morgan fingerprint density at radius 3 is 2.48 bits per heavy atom. The number of hydrogen-bond acceptors (Lipinski definition) is 2. The van der Waals surface area contributed by atoms with Gasteiger partial charge in [-0.05, 0) is 37.6 Å². The SMILES string of the molecule is CC(c1cc2ccccc2o1)N(C)C(=O)CCc1c(F)cccc1F. The highest BCUT2D eigenvalue weighted by atomic mass is 19.1. The van der Waals surface area contributed by atoms with Crippen LogP contribution in [0.5, 0.6) is 0 Å². The molecule has 0 saturated heterocycles. The van der Waals surface area contributed by atoms with Gasteiger partial charge in [-0.2, -0.15) is 0 Å². The molecule has 0 spiro atoms. The molecular weight excluding hydrogens is 324 g/mol. The second-order valence-corrected chi connectivity index (χ2v) is 6.07. The van der Waals surface area contributed by atoms with Gasteiger partial charge < -0.3 is 9.32 Å². The molecule has 0 radical (unpaired) electrons. The van der Waals surface area contributed by atoms with Gasteiger partial charge in [-0.1, -0.05) is 24.3 Å². The molecule has 1 atom stereocenters. The van der Waals surface area contributed by atoms with Crippen molar-refractivity contribution < 1.29 is 18.0 Å². The van der Waals surface area contributed by atoms with E-state index in [0.29, 0.717) is 5.76 Å². The Morgan fingerprint density at radius 2 is 1.80 bits per heavy atom. The number of para-hydroxylation sites is 1. The van der Waals surface area contributed by atoms with E-state index in [4.69, 9.17) is 4.42 Å². The topological polar surface area (TPSA) is 33.5 Å². The minimum absolute atomic E-state index is 0.0224. The summed E-state index contributed by atoms with van der Waals surface area (Å²) < 4.78 is 33.1. The van der Waals surface area contributed by atoms with Crippen molar-refractivity contribution in [2.45, 2.75) is 25.8 Å². The van der Waals surface area contributed by atoms with Crippen LogP contribution in [0.15, 0.2) is 52.9 Å². The summed E-state index contributed by atoms with van der Waals surface area (Å²) in [5, 5.41) is 0.971. The van der Waals surface area contributed by atoms with E-state index in [1.807, 2.05) is 37.3 Å². The van der Waals surface area contributed by atoms with Crippen molar-refractivity contribution in [3.63, 3.8) is 0 Å². The molecule has 1 aromatic heterocycles. The molecule has 5 heteroatoms. The molecule has 1 heterocycles. The summed E-state index contributed by atoms with van der Waals surface area (Å²) in [7, 11) is 1.66. The van der Waals surface area contributed by atoms with Crippen LogP contribution in [0.25, 0.3) is 11.0 Å². The maximum atomic E-state index is 13.7. The van der Waals surface area contributed by atoms with Crippen LogP contribution in [0.3, 0.4) is 0 Å². The molecule has 3 nitrogen and oxygen atoms in total. The minimum atomic E-state index is -0.624. The number of nitrogens with zero attached hydrogens (tertiary/aromatic N) is 1. The fourth-order valence-electron chi connectivity index (χ4n) is 2.79. The number of benzene rings is 2. The van der Waals surface area contributed by atoms with E-state index in [1.54, 1.807) is 7.05 Å². The number of carbonyl (C=O) groups is 1. The molecule has 3 rings (SSSR count). The molecule has 1 unspecified atom stereocenters. The Kier molecular flexibility index (Phi) is 4.83. The van der Waals surface area contributed by atoms with E-state index in [1.165, 1.54) is 23.1 Å². The van der Waals surface area contributed by atoms with Crippen molar-refractivity contribution in [2.24, 2.45) is 0 Å². The summed E-state index contributed by atoms with van der Waals surface area (Å²) >= 11 is 0. The zero-order chi connectivity index (χ0) is 18.0. The summed E-state index contributed by atoms with van der Waals surface area (Å²) in [5.74, 6) is -0.772. The molecule has 0 fully saturated rings. The van der Waals surface area contributed by atoms with Gasteiger partial charge in [-0.3, -0.25) is 4.79 Å². The first-order chi connectivity index (χ1) is 12.0. The molecule has 0 aliphatic rings. The molecule has 25 heavy (non-hydrogen) atoms. The van der Waals surface area contributed by atoms with E-state index in [-0.39, 0.29) is 30.4 Å². The van der Waals surface area contributed by atoms with E-state index in [9.17, 15) is 13.6 Å². The van der Waals surface area contributed by atoms with Crippen LogP contribution in [-0.2, 0) is 11.2 Å². The van der Waals surface area contributed by atoms with Gasteiger partial charge in [0.05, 0.1) is 6.04 Å². The summed E-state index contributed by atoms with van der Waals surface area (Å²) in [6.07, 6.45) is 0.0491. The molecular formula is C20H19F2NO2. The van der Waals surface area contributed by atoms with Crippen LogP contribution >= 0.6 is 0 Å². The van der Waals surface area contributed by atoms with Gasteiger partial charge >= 0.3 is 0 Å². The molecule has 3 aromatic rings. The van der Waals surface area contributed by atoms with Gasteiger partial charge in [0, 0.05) is 24.4 Å². The number of carbonyl (C=O) groups excluding carboxylic acids is 1. The Bertz CT molecular complexity index is 850. The van der Waals surface area contributed by atoms with Gasteiger partial charge in [-0.15, -0.1) is 0 Å². The Hall–Kier alpha value is -2.69. The summed E-state index contributed by atoms with van der Waals surface area (Å²) in [6.45, 7) is 1.86. The molecule has 1 amide bonds. The predicted molar refractivity (Wildman–Crippen MR) is 92.1 cm³/mol. The van der Waals surface area contributed by atoms with Crippen LogP contribution in [0.2, 0.25) is 0 Å². The molecule has 2 aromatic carbocycles. The highest BCUT2D eigenvalue weighted by Crippen LogP contribution is 2.27. The molecule has 0 aliphatic carbocycles. The van der Waals surface area contributed by atoms with Crippen molar-refractivity contribution in [1.29, 1.82) is 0 Å². The third-order valence-electron chi connectivity index (χ3n) is 4.48. The molecule has 0 aliphatic heterocycles. The minimum Gasteiger partial charge on any atom is -0.459 e. The summed E-state index contributed by atoms with van der Waals surface area (Å²) in [6, 6.07) is 13.0. The number of halogens is 2. The first kappa shape index (κ1) is 17.1. The van der Waals surface area contributed by atoms with Crippen molar-refractivity contribution in [2.75, 3.05) is 7.05 Å². The Balaban J connectivity index is 1.69. The zero-order valence-corrected chi connectivity index (χ0v) is 14.1. The quantitative estimate of drug-likeness (QED) is 0.663. The molecule has 0 bridgehead atoms. The normalized spacial score (nSPS) is 12.3. The Labute approximate surface area is 144 Å². The van der Waals surface area contributed by atoms with Crippen molar-refractivity contribution in [1.82, 2.24) is 4.90 Å². The highest BCUT2D eigenvalue weighted by molar-refractivity contribution is 5.79. The lowest BCUT2D eigenvalue weighted by Crippen LogP contribution is -2.29. The largest absolute Gasteiger partial charge is 0.459 e. The lowest BCUT2D eigenvalue weighted by atomic mass is 10.1. The van der Waals surface area contributed by atoms with Crippen molar-refractivity contribution in [3.05, 3.63) is 71.5 Å². The van der Waals surface area contributed by atoms with Gasteiger partial charge in [0.2, 0.25) is 5.91 Å². The first-order valence-electron chi connectivity index (χ1n) is 8.14.